The first kappa shape index (κ1) is 13.8. The molecule has 2 unspecified atom stereocenters. The molecule has 2 heteroatoms. The monoisotopic (exact) mass is 254 g/mol. The largest absolute Gasteiger partial charge is 0.324 e. The summed E-state index contributed by atoms with van der Waals surface area (Å²) in [6, 6.07) is 16.8. The van der Waals surface area contributed by atoms with Crippen molar-refractivity contribution < 1.29 is 0 Å². The highest BCUT2D eigenvalue weighted by Gasteiger charge is 2.10. The van der Waals surface area contributed by atoms with E-state index in [-0.39, 0.29) is 12.1 Å². The van der Waals surface area contributed by atoms with Gasteiger partial charge in [0.15, 0.2) is 0 Å². The van der Waals surface area contributed by atoms with Crippen LogP contribution < -0.4 is 11.5 Å². The van der Waals surface area contributed by atoms with Gasteiger partial charge in [-0.2, -0.15) is 0 Å². The van der Waals surface area contributed by atoms with E-state index in [2.05, 4.69) is 36.4 Å². The van der Waals surface area contributed by atoms with Gasteiger partial charge in [0.2, 0.25) is 0 Å². The molecule has 0 aromatic heterocycles. The third-order valence-electron chi connectivity index (χ3n) is 3.47. The van der Waals surface area contributed by atoms with E-state index in [4.69, 9.17) is 11.5 Å². The second kappa shape index (κ2) is 6.00. The maximum absolute atomic E-state index is 6.04. The molecular formula is C17H22N2. The number of benzene rings is 2. The van der Waals surface area contributed by atoms with Crippen molar-refractivity contribution >= 4 is 0 Å². The molecule has 19 heavy (non-hydrogen) atoms. The van der Waals surface area contributed by atoms with E-state index in [1.165, 1.54) is 22.3 Å². The third-order valence-corrected chi connectivity index (χ3v) is 3.47. The van der Waals surface area contributed by atoms with Crippen LogP contribution in [0.1, 0.15) is 48.2 Å². The van der Waals surface area contributed by atoms with Gasteiger partial charge in [-0.1, -0.05) is 48.5 Å². The Morgan fingerprint density at radius 2 is 1.11 bits per heavy atom. The maximum atomic E-state index is 6.04. The van der Waals surface area contributed by atoms with Crippen LogP contribution in [0, 0.1) is 0 Å². The van der Waals surface area contributed by atoms with E-state index in [9.17, 15) is 0 Å². The Balaban J connectivity index is 2.37. The lowest BCUT2D eigenvalue weighted by Gasteiger charge is -2.16. The van der Waals surface area contributed by atoms with Crippen LogP contribution >= 0.6 is 0 Å². The van der Waals surface area contributed by atoms with Gasteiger partial charge in [0.05, 0.1) is 0 Å². The summed E-state index contributed by atoms with van der Waals surface area (Å²) in [5.74, 6) is 0. The quantitative estimate of drug-likeness (QED) is 0.879. The number of hydrogen-bond acceptors (Lipinski definition) is 2. The van der Waals surface area contributed by atoms with Crippen molar-refractivity contribution in [2.75, 3.05) is 0 Å². The summed E-state index contributed by atoms with van der Waals surface area (Å²) < 4.78 is 0. The summed E-state index contributed by atoms with van der Waals surface area (Å²) >= 11 is 0. The Morgan fingerprint density at radius 1 is 0.737 bits per heavy atom. The Kier molecular flexibility index (Phi) is 4.35. The zero-order valence-corrected chi connectivity index (χ0v) is 11.6. The fourth-order valence-corrected chi connectivity index (χ4v) is 2.48. The van der Waals surface area contributed by atoms with Gasteiger partial charge < -0.3 is 11.5 Å². The minimum Gasteiger partial charge on any atom is -0.324 e. The smallest absolute Gasteiger partial charge is 0.0268 e. The maximum Gasteiger partial charge on any atom is 0.0268 e. The Bertz CT molecular complexity index is 495. The van der Waals surface area contributed by atoms with Gasteiger partial charge in [0.1, 0.15) is 0 Å². The summed E-state index contributed by atoms with van der Waals surface area (Å²) in [6.45, 7) is 4.05. The lowest BCUT2D eigenvalue weighted by Crippen LogP contribution is -2.11. The van der Waals surface area contributed by atoms with Crippen LogP contribution in [0.15, 0.2) is 48.5 Å². The molecule has 2 atom stereocenters. The highest BCUT2D eigenvalue weighted by molar-refractivity contribution is 5.38. The summed E-state index contributed by atoms with van der Waals surface area (Å²) in [5.41, 5.74) is 17.1. The first-order chi connectivity index (χ1) is 9.09. The predicted octanol–water partition coefficient (Wildman–Crippen LogP) is 3.32. The Morgan fingerprint density at radius 3 is 1.47 bits per heavy atom. The van der Waals surface area contributed by atoms with Crippen LogP contribution in [0.25, 0.3) is 0 Å². The second-order valence-corrected chi connectivity index (χ2v) is 5.15. The molecule has 2 aromatic rings. The summed E-state index contributed by atoms with van der Waals surface area (Å²) in [6.07, 6.45) is 0.884. The van der Waals surface area contributed by atoms with Crippen LogP contribution in [-0.4, -0.2) is 0 Å². The van der Waals surface area contributed by atoms with Crippen molar-refractivity contribution in [2.45, 2.75) is 32.4 Å². The summed E-state index contributed by atoms with van der Waals surface area (Å²) in [5, 5.41) is 0. The van der Waals surface area contributed by atoms with Crippen LogP contribution in [0.3, 0.4) is 0 Å². The molecule has 0 spiro atoms. The first-order valence-corrected chi connectivity index (χ1v) is 6.76. The van der Waals surface area contributed by atoms with Crippen LogP contribution in [0.5, 0.6) is 0 Å². The molecule has 2 nitrogen and oxygen atoms in total. The molecule has 100 valence electrons. The first-order valence-electron chi connectivity index (χ1n) is 6.76. The van der Waals surface area contributed by atoms with E-state index in [0.29, 0.717) is 0 Å². The predicted molar refractivity (Wildman–Crippen MR) is 80.9 cm³/mol. The molecule has 0 aliphatic heterocycles. The standard InChI is InChI=1S/C17H22N2/c1-12(18)16-9-5-3-7-14(16)11-15-8-4-6-10-17(15)13(2)19/h3-10,12-13H,11,18-19H2,1-2H3. The molecule has 0 bridgehead atoms. The normalized spacial score (nSPS) is 14.1. The fraction of sp³-hybridized carbons (Fsp3) is 0.294. The minimum atomic E-state index is 0.0543. The summed E-state index contributed by atoms with van der Waals surface area (Å²) in [4.78, 5) is 0. The fourth-order valence-electron chi connectivity index (χ4n) is 2.48. The lowest BCUT2D eigenvalue weighted by molar-refractivity contribution is 0.789. The summed E-state index contributed by atoms with van der Waals surface area (Å²) in [7, 11) is 0. The van der Waals surface area contributed by atoms with Gasteiger partial charge in [0, 0.05) is 12.1 Å². The molecule has 0 saturated heterocycles. The Labute approximate surface area is 115 Å². The van der Waals surface area contributed by atoms with Crippen molar-refractivity contribution in [2.24, 2.45) is 11.5 Å². The average Bonchev–Trinajstić information content (AvgIpc) is 2.39. The van der Waals surface area contributed by atoms with Gasteiger partial charge in [-0.3, -0.25) is 0 Å². The zero-order valence-electron chi connectivity index (χ0n) is 11.6. The number of rotatable bonds is 4. The number of nitrogens with two attached hydrogens (primary N) is 2. The second-order valence-electron chi connectivity index (χ2n) is 5.15. The van der Waals surface area contributed by atoms with Crippen molar-refractivity contribution in [3.05, 3.63) is 70.8 Å². The third kappa shape index (κ3) is 3.22. The Hall–Kier alpha value is -1.64. The highest BCUT2D eigenvalue weighted by Crippen LogP contribution is 2.23. The zero-order chi connectivity index (χ0) is 13.8. The SMILES string of the molecule is CC(N)c1ccccc1Cc1ccccc1C(C)N. The van der Waals surface area contributed by atoms with Crippen LogP contribution in [0.4, 0.5) is 0 Å². The van der Waals surface area contributed by atoms with Crippen LogP contribution in [0.2, 0.25) is 0 Å². The molecule has 0 saturated carbocycles. The van der Waals surface area contributed by atoms with E-state index in [1.807, 2.05) is 26.0 Å². The van der Waals surface area contributed by atoms with Gasteiger partial charge in [0.25, 0.3) is 0 Å². The van der Waals surface area contributed by atoms with E-state index in [1.54, 1.807) is 0 Å². The van der Waals surface area contributed by atoms with Crippen molar-refractivity contribution in [3.63, 3.8) is 0 Å². The molecule has 0 fully saturated rings. The van der Waals surface area contributed by atoms with Crippen molar-refractivity contribution in [1.82, 2.24) is 0 Å². The molecule has 4 N–H and O–H groups in total. The number of hydrogen-bond donors (Lipinski definition) is 2. The van der Waals surface area contributed by atoms with Gasteiger partial charge >= 0.3 is 0 Å². The highest BCUT2D eigenvalue weighted by atomic mass is 14.6. The van der Waals surface area contributed by atoms with Gasteiger partial charge in [-0.05, 0) is 42.5 Å². The van der Waals surface area contributed by atoms with E-state index in [0.717, 1.165) is 6.42 Å². The molecule has 0 aliphatic rings. The molecule has 0 aliphatic carbocycles. The van der Waals surface area contributed by atoms with E-state index < -0.39 is 0 Å². The van der Waals surface area contributed by atoms with Crippen LogP contribution in [-0.2, 0) is 6.42 Å². The molecule has 0 amide bonds. The van der Waals surface area contributed by atoms with Gasteiger partial charge in [-0.25, -0.2) is 0 Å². The lowest BCUT2D eigenvalue weighted by atomic mass is 9.92. The molecular weight excluding hydrogens is 232 g/mol. The minimum absolute atomic E-state index is 0.0543. The van der Waals surface area contributed by atoms with Gasteiger partial charge in [-0.15, -0.1) is 0 Å². The topological polar surface area (TPSA) is 52.0 Å². The molecule has 2 aromatic carbocycles. The average molecular weight is 254 g/mol. The van der Waals surface area contributed by atoms with E-state index >= 15 is 0 Å². The van der Waals surface area contributed by atoms with Crippen molar-refractivity contribution in [1.29, 1.82) is 0 Å². The van der Waals surface area contributed by atoms with Crippen molar-refractivity contribution in [3.8, 4) is 0 Å². The molecule has 0 heterocycles. The molecule has 2 rings (SSSR count). The molecule has 0 radical (unpaired) electrons.